The van der Waals surface area contributed by atoms with E-state index in [1.807, 2.05) is 18.2 Å². The van der Waals surface area contributed by atoms with Gasteiger partial charge in [-0.3, -0.25) is 9.89 Å². The number of hydrogen-bond acceptors (Lipinski definition) is 8. The summed E-state index contributed by atoms with van der Waals surface area (Å²) in [5.41, 5.74) is 1.62. The third-order valence-corrected chi connectivity index (χ3v) is 5.00. The first kappa shape index (κ1) is 24.0. The predicted octanol–water partition coefficient (Wildman–Crippen LogP) is 2.77. The maximum absolute atomic E-state index is 13.3. The minimum absolute atomic E-state index is 0.0232. The van der Waals surface area contributed by atoms with Crippen molar-refractivity contribution in [1.82, 2.24) is 25.5 Å². The zero-order chi connectivity index (χ0) is 24.5. The number of nitrogens with zero attached hydrogens (tertiary/aromatic N) is 3. The number of aliphatic hydroxyl groups excluding tert-OH is 1. The summed E-state index contributed by atoms with van der Waals surface area (Å²) < 4.78 is 19.1. The fraction of sp³-hybridized carbons (Fsp3) is 0.250. The number of fused-ring (bicyclic) bond motifs is 1. The van der Waals surface area contributed by atoms with Gasteiger partial charge >= 0.3 is 0 Å². The molecule has 0 fully saturated rings. The van der Waals surface area contributed by atoms with Crippen molar-refractivity contribution in [1.29, 1.82) is 0 Å². The third-order valence-electron chi connectivity index (χ3n) is 5.00. The molecule has 2 aromatic heterocycles. The molecule has 0 atom stereocenters. The SMILES string of the molecule is O=C(Cc1cc(Nc2ncnc3cc(OCCCNCCO)ccc23)[nH]n1)Nc1cccc(F)c1. The molecule has 11 heteroatoms. The first-order valence-corrected chi connectivity index (χ1v) is 11.2. The van der Waals surface area contributed by atoms with Gasteiger partial charge < -0.3 is 25.8 Å². The molecule has 4 aromatic rings. The fourth-order valence-electron chi connectivity index (χ4n) is 3.40. The van der Waals surface area contributed by atoms with Gasteiger partial charge in [0, 0.05) is 29.8 Å². The van der Waals surface area contributed by atoms with Crippen molar-refractivity contribution >= 4 is 34.1 Å². The molecule has 4 rings (SSSR count). The Morgan fingerprint density at radius 2 is 2.03 bits per heavy atom. The quantitative estimate of drug-likeness (QED) is 0.196. The molecule has 0 radical (unpaired) electrons. The Labute approximate surface area is 201 Å². The molecule has 0 aliphatic carbocycles. The summed E-state index contributed by atoms with van der Waals surface area (Å²) in [7, 11) is 0. The molecule has 1 amide bonds. The van der Waals surface area contributed by atoms with Crippen molar-refractivity contribution in [2.45, 2.75) is 12.8 Å². The number of H-pyrrole nitrogens is 1. The van der Waals surface area contributed by atoms with Crippen LogP contribution < -0.4 is 20.7 Å². The van der Waals surface area contributed by atoms with E-state index >= 15 is 0 Å². The Bertz CT molecular complexity index is 1280. The summed E-state index contributed by atoms with van der Waals surface area (Å²) in [6.45, 7) is 2.00. The number of rotatable bonds is 12. The van der Waals surface area contributed by atoms with Crippen LogP contribution in [0.3, 0.4) is 0 Å². The van der Waals surface area contributed by atoms with E-state index in [0.717, 1.165) is 18.4 Å². The summed E-state index contributed by atoms with van der Waals surface area (Å²) in [6.07, 6.45) is 2.30. The standard InChI is InChI=1S/C24H26FN7O3/c25-16-3-1-4-17(11-16)29-23(34)13-18-12-22(32-31-18)30-24-20-6-5-19(14-21(20)27-15-28-24)35-10-2-7-26-8-9-33/h1,3-6,11-12,14-15,26,33H,2,7-10,13H2,(H,29,34)(H2,27,28,30,31,32). The van der Waals surface area contributed by atoms with Crippen molar-refractivity contribution in [2.75, 3.05) is 36.9 Å². The highest BCUT2D eigenvalue weighted by atomic mass is 19.1. The molecular weight excluding hydrogens is 453 g/mol. The molecule has 0 saturated heterocycles. The maximum Gasteiger partial charge on any atom is 0.230 e. The Morgan fingerprint density at radius 3 is 2.89 bits per heavy atom. The number of nitrogens with one attached hydrogen (secondary N) is 4. The van der Waals surface area contributed by atoms with Gasteiger partial charge in [-0.05, 0) is 43.3 Å². The molecule has 0 aliphatic heterocycles. The highest BCUT2D eigenvalue weighted by Gasteiger charge is 2.11. The smallest absolute Gasteiger partial charge is 0.230 e. The first-order valence-electron chi connectivity index (χ1n) is 11.2. The summed E-state index contributed by atoms with van der Waals surface area (Å²) in [4.78, 5) is 20.9. The number of carbonyl (C=O) groups is 1. The van der Waals surface area contributed by atoms with E-state index in [1.54, 1.807) is 12.1 Å². The molecule has 0 spiro atoms. The van der Waals surface area contributed by atoms with Crippen LogP contribution in [-0.2, 0) is 11.2 Å². The summed E-state index contributed by atoms with van der Waals surface area (Å²) >= 11 is 0. The monoisotopic (exact) mass is 479 g/mol. The van der Waals surface area contributed by atoms with Crippen molar-refractivity contribution < 1.29 is 19.0 Å². The van der Waals surface area contributed by atoms with Crippen LogP contribution >= 0.6 is 0 Å². The highest BCUT2D eigenvalue weighted by Crippen LogP contribution is 2.26. The second kappa shape index (κ2) is 11.9. The zero-order valence-electron chi connectivity index (χ0n) is 18.9. The van der Waals surface area contributed by atoms with Crippen molar-refractivity contribution in [3.05, 3.63) is 66.4 Å². The number of amides is 1. The van der Waals surface area contributed by atoms with E-state index in [-0.39, 0.29) is 18.9 Å². The molecule has 5 N–H and O–H groups in total. The van der Waals surface area contributed by atoms with Crippen LogP contribution in [0.4, 0.5) is 21.7 Å². The summed E-state index contributed by atoms with van der Waals surface area (Å²) in [5.74, 6) is 1.12. The second-order valence-corrected chi connectivity index (χ2v) is 7.71. The normalized spacial score (nSPS) is 10.9. The van der Waals surface area contributed by atoms with Crippen LogP contribution in [0.15, 0.2) is 54.9 Å². The number of hydrogen-bond donors (Lipinski definition) is 5. The van der Waals surface area contributed by atoms with Crippen LogP contribution in [-0.4, -0.2) is 57.5 Å². The van der Waals surface area contributed by atoms with Crippen LogP contribution in [0.2, 0.25) is 0 Å². The molecule has 0 unspecified atom stereocenters. The van der Waals surface area contributed by atoms with Gasteiger partial charge in [0.25, 0.3) is 0 Å². The molecule has 35 heavy (non-hydrogen) atoms. The predicted molar refractivity (Wildman–Crippen MR) is 130 cm³/mol. The molecule has 182 valence electrons. The lowest BCUT2D eigenvalue weighted by Crippen LogP contribution is -2.20. The second-order valence-electron chi connectivity index (χ2n) is 7.71. The van der Waals surface area contributed by atoms with Crippen LogP contribution in [0.5, 0.6) is 5.75 Å². The number of aliphatic hydroxyl groups is 1. The van der Waals surface area contributed by atoms with Gasteiger partial charge in [0.15, 0.2) is 0 Å². The van der Waals surface area contributed by atoms with Gasteiger partial charge in [-0.25, -0.2) is 14.4 Å². The first-order chi connectivity index (χ1) is 17.1. The van der Waals surface area contributed by atoms with E-state index in [4.69, 9.17) is 9.84 Å². The van der Waals surface area contributed by atoms with Gasteiger partial charge in [-0.1, -0.05) is 6.07 Å². The topological polar surface area (TPSA) is 137 Å². The molecule has 0 aliphatic rings. The van der Waals surface area contributed by atoms with Crippen molar-refractivity contribution in [2.24, 2.45) is 0 Å². The lowest BCUT2D eigenvalue weighted by molar-refractivity contribution is -0.115. The Kier molecular flexibility index (Phi) is 8.15. The number of benzene rings is 2. The number of ether oxygens (including phenoxy) is 1. The molecule has 0 bridgehead atoms. The number of anilines is 3. The number of aromatic amines is 1. The third kappa shape index (κ3) is 6.95. The lowest BCUT2D eigenvalue weighted by Gasteiger charge is -2.09. The van der Waals surface area contributed by atoms with E-state index in [0.29, 0.717) is 47.4 Å². The van der Waals surface area contributed by atoms with Crippen LogP contribution in [0.1, 0.15) is 12.1 Å². The Morgan fingerprint density at radius 1 is 1.11 bits per heavy atom. The molecule has 0 saturated carbocycles. The average molecular weight is 480 g/mol. The minimum atomic E-state index is -0.420. The van der Waals surface area contributed by atoms with Gasteiger partial charge in [-0.15, -0.1) is 0 Å². The van der Waals surface area contributed by atoms with E-state index in [1.165, 1.54) is 24.5 Å². The lowest BCUT2D eigenvalue weighted by atomic mass is 10.2. The maximum atomic E-state index is 13.3. The van der Waals surface area contributed by atoms with Crippen molar-refractivity contribution in [3.63, 3.8) is 0 Å². The van der Waals surface area contributed by atoms with Gasteiger partial charge in [0.1, 0.15) is 29.5 Å². The Hall–Kier alpha value is -4.09. The molecule has 2 heterocycles. The van der Waals surface area contributed by atoms with Crippen molar-refractivity contribution in [3.8, 4) is 5.75 Å². The average Bonchev–Trinajstić information content (AvgIpc) is 3.27. The highest BCUT2D eigenvalue weighted by molar-refractivity contribution is 5.93. The van der Waals surface area contributed by atoms with Gasteiger partial charge in [-0.2, -0.15) is 5.10 Å². The number of aromatic nitrogens is 4. The number of halogens is 1. The minimum Gasteiger partial charge on any atom is -0.493 e. The molecular formula is C24H26FN7O3. The molecule has 2 aromatic carbocycles. The van der Waals surface area contributed by atoms with Crippen LogP contribution in [0.25, 0.3) is 10.9 Å². The van der Waals surface area contributed by atoms with Crippen LogP contribution in [0, 0.1) is 5.82 Å². The van der Waals surface area contributed by atoms with Gasteiger partial charge in [0.05, 0.1) is 30.8 Å². The summed E-state index contributed by atoms with van der Waals surface area (Å²) in [6, 6.07) is 13.0. The number of carbonyl (C=O) groups excluding carboxylic acids is 1. The zero-order valence-corrected chi connectivity index (χ0v) is 18.9. The Balaban J connectivity index is 1.35. The van der Waals surface area contributed by atoms with E-state index < -0.39 is 5.82 Å². The fourth-order valence-corrected chi connectivity index (χ4v) is 3.40. The molecule has 10 nitrogen and oxygen atoms in total. The van der Waals surface area contributed by atoms with Gasteiger partial charge in [0.2, 0.25) is 5.91 Å². The van der Waals surface area contributed by atoms with E-state index in [2.05, 4.69) is 36.1 Å². The largest absolute Gasteiger partial charge is 0.493 e. The van der Waals surface area contributed by atoms with E-state index in [9.17, 15) is 9.18 Å². The summed E-state index contributed by atoms with van der Waals surface area (Å²) in [5, 5.41) is 25.5.